The molecule has 88 valence electrons. The zero-order chi connectivity index (χ0) is 12.3. The Labute approximate surface area is 99.1 Å². The molecular weight excluding hydrogens is 220 g/mol. The fraction of sp³-hybridized carbons (Fsp3) is 0.143. The van der Waals surface area contributed by atoms with Gasteiger partial charge in [0.05, 0.1) is 0 Å². The van der Waals surface area contributed by atoms with E-state index in [-0.39, 0.29) is 0 Å². The quantitative estimate of drug-likeness (QED) is 0.848. The Hall–Kier alpha value is -1.90. The molecule has 2 aromatic carbocycles. The van der Waals surface area contributed by atoms with Crippen LogP contribution < -0.4 is 5.32 Å². The van der Waals surface area contributed by atoms with Crippen molar-refractivity contribution in [3.05, 3.63) is 65.2 Å². The van der Waals surface area contributed by atoms with Crippen LogP contribution in [0, 0.1) is 18.6 Å². The van der Waals surface area contributed by atoms with Crippen LogP contribution in [0.1, 0.15) is 11.1 Å². The highest BCUT2D eigenvalue weighted by Crippen LogP contribution is 2.13. The number of anilines is 1. The molecule has 0 saturated heterocycles. The second-order valence-corrected chi connectivity index (χ2v) is 3.97. The predicted molar refractivity (Wildman–Crippen MR) is 64.9 cm³/mol. The van der Waals surface area contributed by atoms with E-state index in [2.05, 4.69) is 5.32 Å². The molecular formula is C14H13F2N. The third-order valence-electron chi connectivity index (χ3n) is 2.50. The lowest BCUT2D eigenvalue weighted by molar-refractivity contribution is 0.507. The molecule has 0 fully saturated rings. The Kier molecular flexibility index (Phi) is 3.38. The summed E-state index contributed by atoms with van der Waals surface area (Å²) in [6.45, 7) is 2.48. The van der Waals surface area contributed by atoms with Crippen LogP contribution in [0.2, 0.25) is 0 Å². The minimum Gasteiger partial charge on any atom is -0.381 e. The molecule has 0 amide bonds. The van der Waals surface area contributed by atoms with E-state index < -0.39 is 11.6 Å². The highest BCUT2D eigenvalue weighted by atomic mass is 19.2. The Morgan fingerprint density at radius 3 is 2.53 bits per heavy atom. The molecule has 1 N–H and O–H groups in total. The highest BCUT2D eigenvalue weighted by molar-refractivity contribution is 5.45. The summed E-state index contributed by atoms with van der Waals surface area (Å²) in [7, 11) is 0. The van der Waals surface area contributed by atoms with Crippen molar-refractivity contribution >= 4 is 5.69 Å². The van der Waals surface area contributed by atoms with Crippen molar-refractivity contribution in [2.45, 2.75) is 13.5 Å². The molecule has 0 heterocycles. The summed E-state index contributed by atoms with van der Waals surface area (Å²) in [6, 6.07) is 11.8. The van der Waals surface area contributed by atoms with Crippen LogP contribution >= 0.6 is 0 Å². The Morgan fingerprint density at radius 1 is 1.00 bits per heavy atom. The van der Waals surface area contributed by atoms with E-state index in [0.717, 1.165) is 17.3 Å². The number of hydrogen-bond donors (Lipinski definition) is 1. The van der Waals surface area contributed by atoms with Crippen LogP contribution in [-0.4, -0.2) is 0 Å². The first-order chi connectivity index (χ1) is 8.15. The zero-order valence-corrected chi connectivity index (χ0v) is 9.50. The molecule has 3 heteroatoms. The van der Waals surface area contributed by atoms with Gasteiger partial charge in [0.25, 0.3) is 0 Å². The summed E-state index contributed by atoms with van der Waals surface area (Å²) < 4.78 is 25.7. The summed E-state index contributed by atoms with van der Waals surface area (Å²) in [6.07, 6.45) is 0. The largest absolute Gasteiger partial charge is 0.381 e. The van der Waals surface area contributed by atoms with E-state index in [1.807, 2.05) is 31.2 Å². The minimum absolute atomic E-state index is 0.473. The fourth-order valence-corrected chi connectivity index (χ4v) is 1.61. The zero-order valence-electron chi connectivity index (χ0n) is 9.50. The lowest BCUT2D eigenvalue weighted by Crippen LogP contribution is -2.00. The molecule has 1 nitrogen and oxygen atoms in total. The van der Waals surface area contributed by atoms with Gasteiger partial charge in [0, 0.05) is 12.2 Å². The number of aryl methyl sites for hydroxylation is 1. The van der Waals surface area contributed by atoms with E-state index in [1.54, 1.807) is 6.07 Å². The molecule has 2 rings (SSSR count). The van der Waals surface area contributed by atoms with Gasteiger partial charge in [0.2, 0.25) is 0 Å². The number of rotatable bonds is 3. The first-order valence-electron chi connectivity index (χ1n) is 5.39. The van der Waals surface area contributed by atoms with Crippen molar-refractivity contribution in [3.8, 4) is 0 Å². The first kappa shape index (κ1) is 11.6. The van der Waals surface area contributed by atoms with E-state index in [1.165, 1.54) is 6.07 Å². The lowest BCUT2D eigenvalue weighted by atomic mass is 10.2. The molecule has 0 aromatic heterocycles. The predicted octanol–water partition coefficient (Wildman–Crippen LogP) is 3.89. The van der Waals surface area contributed by atoms with Crippen LogP contribution in [0.25, 0.3) is 0 Å². The second kappa shape index (κ2) is 4.95. The van der Waals surface area contributed by atoms with Crippen molar-refractivity contribution < 1.29 is 8.78 Å². The van der Waals surface area contributed by atoms with Gasteiger partial charge in [-0.05, 0) is 42.3 Å². The molecule has 2 aromatic rings. The van der Waals surface area contributed by atoms with Crippen LogP contribution in [0.15, 0.2) is 42.5 Å². The van der Waals surface area contributed by atoms with E-state index >= 15 is 0 Å². The lowest BCUT2D eigenvalue weighted by Gasteiger charge is -2.07. The van der Waals surface area contributed by atoms with Crippen molar-refractivity contribution in [3.63, 3.8) is 0 Å². The number of nitrogens with one attached hydrogen (secondary N) is 1. The molecule has 17 heavy (non-hydrogen) atoms. The summed E-state index contributed by atoms with van der Waals surface area (Å²) in [5.74, 6) is -1.63. The molecule has 0 radical (unpaired) electrons. The van der Waals surface area contributed by atoms with E-state index in [4.69, 9.17) is 0 Å². The second-order valence-electron chi connectivity index (χ2n) is 3.97. The third kappa shape index (κ3) is 3.03. The summed E-state index contributed by atoms with van der Waals surface area (Å²) in [4.78, 5) is 0. The van der Waals surface area contributed by atoms with Gasteiger partial charge in [0.1, 0.15) is 0 Å². The highest BCUT2D eigenvalue weighted by Gasteiger charge is 2.02. The van der Waals surface area contributed by atoms with Crippen LogP contribution in [0.5, 0.6) is 0 Å². The number of hydrogen-bond acceptors (Lipinski definition) is 1. The van der Waals surface area contributed by atoms with E-state index in [9.17, 15) is 8.78 Å². The SMILES string of the molecule is Cc1cccc(NCc2ccc(F)c(F)c2)c1. The van der Waals surface area contributed by atoms with Crippen molar-refractivity contribution in [2.75, 3.05) is 5.32 Å². The number of halogens is 2. The molecule has 0 aliphatic carbocycles. The van der Waals surface area contributed by atoms with Gasteiger partial charge in [-0.15, -0.1) is 0 Å². The average Bonchev–Trinajstić information content (AvgIpc) is 2.31. The monoisotopic (exact) mass is 233 g/mol. The van der Waals surface area contributed by atoms with Gasteiger partial charge in [-0.3, -0.25) is 0 Å². The van der Waals surface area contributed by atoms with Crippen molar-refractivity contribution in [2.24, 2.45) is 0 Å². The van der Waals surface area contributed by atoms with Gasteiger partial charge in [0.15, 0.2) is 11.6 Å². The molecule has 0 aliphatic heterocycles. The maximum absolute atomic E-state index is 13.0. The Morgan fingerprint density at radius 2 is 1.82 bits per heavy atom. The van der Waals surface area contributed by atoms with E-state index in [0.29, 0.717) is 12.1 Å². The summed E-state index contributed by atoms with van der Waals surface area (Å²) in [5.41, 5.74) is 2.83. The Balaban J connectivity index is 2.05. The molecule has 0 atom stereocenters. The molecule has 0 bridgehead atoms. The van der Waals surface area contributed by atoms with Gasteiger partial charge >= 0.3 is 0 Å². The summed E-state index contributed by atoms with van der Waals surface area (Å²) in [5, 5.41) is 3.16. The van der Waals surface area contributed by atoms with Gasteiger partial charge < -0.3 is 5.32 Å². The standard InChI is InChI=1S/C14H13F2N/c1-10-3-2-4-12(7-10)17-9-11-5-6-13(15)14(16)8-11/h2-8,17H,9H2,1H3. The van der Waals surface area contributed by atoms with Gasteiger partial charge in [-0.25, -0.2) is 8.78 Å². The molecule has 0 saturated carbocycles. The number of benzene rings is 2. The Bertz CT molecular complexity index is 523. The third-order valence-corrected chi connectivity index (χ3v) is 2.50. The van der Waals surface area contributed by atoms with Gasteiger partial charge in [-0.1, -0.05) is 18.2 Å². The van der Waals surface area contributed by atoms with Crippen LogP contribution in [0.3, 0.4) is 0 Å². The average molecular weight is 233 g/mol. The maximum Gasteiger partial charge on any atom is 0.159 e. The molecule has 0 unspecified atom stereocenters. The van der Waals surface area contributed by atoms with Gasteiger partial charge in [-0.2, -0.15) is 0 Å². The normalized spacial score (nSPS) is 10.3. The minimum atomic E-state index is -0.815. The topological polar surface area (TPSA) is 12.0 Å². The maximum atomic E-state index is 13.0. The molecule has 0 aliphatic rings. The first-order valence-corrected chi connectivity index (χ1v) is 5.39. The van der Waals surface area contributed by atoms with Crippen LogP contribution in [-0.2, 0) is 6.54 Å². The van der Waals surface area contributed by atoms with Crippen molar-refractivity contribution in [1.82, 2.24) is 0 Å². The smallest absolute Gasteiger partial charge is 0.159 e. The molecule has 0 spiro atoms. The fourth-order valence-electron chi connectivity index (χ4n) is 1.61. The van der Waals surface area contributed by atoms with Crippen LogP contribution in [0.4, 0.5) is 14.5 Å². The summed E-state index contributed by atoms with van der Waals surface area (Å²) >= 11 is 0. The van der Waals surface area contributed by atoms with Crippen molar-refractivity contribution in [1.29, 1.82) is 0 Å².